The Morgan fingerprint density at radius 1 is 0.718 bits per heavy atom. The Labute approximate surface area is 237 Å². The molecule has 0 aromatic carbocycles. The van der Waals surface area contributed by atoms with Gasteiger partial charge >= 0.3 is 0 Å². The van der Waals surface area contributed by atoms with Crippen molar-refractivity contribution in [3.63, 3.8) is 0 Å². The fraction of sp³-hybridized carbons (Fsp3) is 1.00. The van der Waals surface area contributed by atoms with Gasteiger partial charge in [-0.1, -0.05) is 71.1 Å². The molecule has 11 heteroatoms. The predicted molar refractivity (Wildman–Crippen MR) is 152 cm³/mol. The van der Waals surface area contributed by atoms with Gasteiger partial charge in [0.15, 0.2) is 6.29 Å². The first-order valence-electron chi connectivity index (χ1n) is 15.2. The van der Waals surface area contributed by atoms with E-state index in [2.05, 4.69) is 14.0 Å². The van der Waals surface area contributed by atoms with Crippen molar-refractivity contribution in [1.82, 2.24) is 0 Å². The molecule has 0 aromatic rings. The second kappa shape index (κ2) is 20.5. The second-order valence-electron chi connectivity index (χ2n) is 11.6. The van der Waals surface area contributed by atoms with Crippen LogP contribution in [0.25, 0.3) is 0 Å². The van der Waals surface area contributed by atoms with Crippen LogP contribution < -0.4 is 0 Å². The van der Waals surface area contributed by atoms with Gasteiger partial charge in [0.2, 0.25) is 0 Å². The molecule has 1 rings (SSSR count). The molecule has 0 saturated carbocycles. The lowest BCUT2D eigenvalue weighted by Crippen LogP contribution is -2.59. The van der Waals surface area contributed by atoms with E-state index in [0.29, 0.717) is 23.9 Å². The second-order valence-corrected chi connectivity index (χ2v) is 13.2. The fourth-order valence-electron chi connectivity index (χ4n) is 5.30. The summed E-state index contributed by atoms with van der Waals surface area (Å²) >= 11 is 0. The lowest BCUT2D eigenvalue weighted by Gasteiger charge is -2.39. The molecule has 39 heavy (non-hydrogen) atoms. The highest BCUT2D eigenvalue weighted by atomic mass is 32.2. The quantitative estimate of drug-likeness (QED) is 0.0654. The van der Waals surface area contributed by atoms with Crippen LogP contribution in [0.4, 0.5) is 0 Å². The Hall–Kier alpha value is -0.370. The first kappa shape index (κ1) is 36.7. The Balaban J connectivity index is 2.33. The Morgan fingerprint density at radius 2 is 1.21 bits per heavy atom. The summed E-state index contributed by atoms with van der Waals surface area (Å²) in [5.74, 6) is -0.237. The number of ether oxygens (including phenoxy) is 2. The summed E-state index contributed by atoms with van der Waals surface area (Å²) in [4.78, 5) is 0. The van der Waals surface area contributed by atoms with Gasteiger partial charge in [0.25, 0.3) is 10.1 Å². The largest absolute Gasteiger partial charge is 0.394 e. The molecule has 1 heterocycles. The Morgan fingerprint density at radius 3 is 1.72 bits per heavy atom. The highest BCUT2D eigenvalue weighted by Crippen LogP contribution is 2.22. The number of aliphatic hydroxyl groups excluding tert-OH is 4. The molecule has 10 nitrogen and oxygen atoms in total. The van der Waals surface area contributed by atoms with Crippen LogP contribution in [0, 0.1) is 0 Å². The molecule has 0 bridgehead atoms. The summed E-state index contributed by atoms with van der Waals surface area (Å²) in [5.41, 5.74) is 0. The minimum Gasteiger partial charge on any atom is -0.394 e. The number of nitrogens with zero attached hydrogens (tertiary/aromatic N) is 1. The van der Waals surface area contributed by atoms with Gasteiger partial charge in [-0.15, -0.1) is 0 Å². The maximum Gasteiger partial charge on any atom is 0.265 e. The van der Waals surface area contributed by atoms with Gasteiger partial charge < -0.3 is 34.4 Å². The van der Waals surface area contributed by atoms with Crippen molar-refractivity contribution in [3.8, 4) is 0 Å². The molecule has 1 aliphatic heterocycles. The van der Waals surface area contributed by atoms with Crippen LogP contribution in [0.3, 0.4) is 0 Å². The number of quaternary nitrogens is 1. The standard InChI is InChI=1S/C28H57NO9S/c1-3-4-5-6-7-8-9-10-11-12-13-14-18-29(2,20-17-22-39(34,35)36)19-15-16-21-37-28-27(33)26(32)25(31)24(23-30)38-28/h24-28,30-33H,3-23H2,1-2H3/p+1/t24-,25-,26+,27-,28-,29?/m1/s1. The number of rotatable bonds is 24. The SMILES string of the molecule is CCCCCCCCCCCCCC[N+](C)(CCCCO[C@@H]1O[C@H](CO)[C@@H](O)[C@H](O)[C@H]1O)CCCS(=O)(=O)O. The molecular formula is C28H58NO9S+. The highest BCUT2D eigenvalue weighted by Gasteiger charge is 2.43. The van der Waals surface area contributed by atoms with Gasteiger partial charge in [-0.2, -0.15) is 8.42 Å². The molecule has 6 atom stereocenters. The van der Waals surface area contributed by atoms with E-state index in [1.54, 1.807) is 0 Å². The molecule has 5 N–H and O–H groups in total. The van der Waals surface area contributed by atoms with Gasteiger partial charge in [-0.05, 0) is 25.7 Å². The third-order valence-electron chi connectivity index (χ3n) is 7.87. The Bertz CT molecular complexity index is 709. The van der Waals surface area contributed by atoms with Gasteiger partial charge in [0, 0.05) is 6.42 Å². The number of aliphatic hydroxyl groups is 4. The number of hydrogen-bond acceptors (Lipinski definition) is 8. The summed E-state index contributed by atoms with van der Waals surface area (Å²) in [6.07, 6.45) is 10.8. The average Bonchev–Trinajstić information content (AvgIpc) is 2.88. The molecule has 0 amide bonds. The van der Waals surface area contributed by atoms with E-state index in [-0.39, 0.29) is 12.4 Å². The lowest BCUT2D eigenvalue weighted by molar-refractivity contribution is -0.910. The molecule has 1 unspecified atom stereocenters. The first-order valence-corrected chi connectivity index (χ1v) is 16.8. The molecule has 0 aromatic heterocycles. The van der Waals surface area contributed by atoms with Crippen LogP contribution in [-0.4, -0.2) is 114 Å². The number of hydrogen-bond donors (Lipinski definition) is 5. The van der Waals surface area contributed by atoms with Crippen LogP contribution in [0.1, 0.15) is 103 Å². The summed E-state index contributed by atoms with van der Waals surface area (Å²) < 4.78 is 43.2. The maximum atomic E-state index is 11.2. The molecule has 1 fully saturated rings. The van der Waals surface area contributed by atoms with E-state index in [9.17, 15) is 28.8 Å². The van der Waals surface area contributed by atoms with Crippen LogP contribution in [-0.2, 0) is 19.6 Å². The highest BCUT2D eigenvalue weighted by molar-refractivity contribution is 7.85. The fourth-order valence-corrected chi connectivity index (χ4v) is 5.79. The third-order valence-corrected chi connectivity index (χ3v) is 8.68. The molecule has 0 spiro atoms. The zero-order chi connectivity index (χ0) is 29.2. The van der Waals surface area contributed by atoms with Crippen LogP contribution in [0.15, 0.2) is 0 Å². The molecule has 1 saturated heterocycles. The summed E-state index contributed by atoms with van der Waals surface area (Å²) in [6.45, 7) is 4.44. The van der Waals surface area contributed by atoms with E-state index in [0.717, 1.165) is 32.4 Å². The van der Waals surface area contributed by atoms with Crippen molar-refractivity contribution in [3.05, 3.63) is 0 Å². The van der Waals surface area contributed by atoms with Gasteiger partial charge in [-0.25, -0.2) is 0 Å². The summed E-state index contributed by atoms with van der Waals surface area (Å²) in [7, 11) is -1.85. The average molecular weight is 585 g/mol. The summed E-state index contributed by atoms with van der Waals surface area (Å²) in [6, 6.07) is 0. The van der Waals surface area contributed by atoms with Crippen LogP contribution in [0.5, 0.6) is 0 Å². The van der Waals surface area contributed by atoms with Gasteiger partial charge in [0.05, 0.1) is 45.6 Å². The van der Waals surface area contributed by atoms with Gasteiger partial charge in [-0.3, -0.25) is 4.55 Å². The van der Waals surface area contributed by atoms with Crippen molar-refractivity contribution < 1.29 is 47.4 Å². The Kier molecular flexibility index (Phi) is 19.3. The van der Waals surface area contributed by atoms with E-state index >= 15 is 0 Å². The smallest absolute Gasteiger partial charge is 0.265 e. The van der Waals surface area contributed by atoms with E-state index in [1.807, 2.05) is 0 Å². The normalized spacial score (nSPS) is 25.6. The minimum absolute atomic E-state index is 0.237. The van der Waals surface area contributed by atoms with Crippen molar-refractivity contribution in [1.29, 1.82) is 0 Å². The van der Waals surface area contributed by atoms with Crippen LogP contribution in [0.2, 0.25) is 0 Å². The summed E-state index contributed by atoms with van der Waals surface area (Å²) in [5, 5.41) is 39.2. The zero-order valence-electron chi connectivity index (χ0n) is 24.5. The first-order chi connectivity index (χ1) is 18.5. The molecule has 0 aliphatic carbocycles. The van der Waals surface area contributed by atoms with Crippen molar-refractivity contribution in [2.75, 3.05) is 45.6 Å². The molecule has 1 aliphatic rings. The molecular weight excluding hydrogens is 526 g/mol. The van der Waals surface area contributed by atoms with Crippen molar-refractivity contribution >= 4 is 10.1 Å². The van der Waals surface area contributed by atoms with E-state index in [1.165, 1.54) is 64.2 Å². The number of unbranched alkanes of at least 4 members (excludes halogenated alkanes) is 12. The van der Waals surface area contributed by atoms with Gasteiger partial charge in [0.1, 0.15) is 24.4 Å². The van der Waals surface area contributed by atoms with E-state index < -0.39 is 47.4 Å². The zero-order valence-corrected chi connectivity index (χ0v) is 25.3. The van der Waals surface area contributed by atoms with E-state index in [4.69, 9.17) is 14.0 Å². The van der Waals surface area contributed by atoms with Crippen molar-refractivity contribution in [2.24, 2.45) is 0 Å². The van der Waals surface area contributed by atoms with Crippen LogP contribution >= 0.6 is 0 Å². The van der Waals surface area contributed by atoms with Crippen molar-refractivity contribution in [2.45, 2.75) is 134 Å². The minimum atomic E-state index is -3.98. The topological polar surface area (TPSA) is 154 Å². The monoisotopic (exact) mass is 584 g/mol. The third kappa shape index (κ3) is 16.6. The predicted octanol–water partition coefficient (Wildman–Crippen LogP) is 3.01. The maximum absolute atomic E-state index is 11.2. The molecule has 234 valence electrons. The molecule has 0 radical (unpaired) electrons. The lowest BCUT2D eigenvalue weighted by atomic mass is 9.99.